The van der Waals surface area contributed by atoms with Crippen molar-refractivity contribution in [2.75, 3.05) is 13.2 Å². The quantitative estimate of drug-likeness (QED) is 0.562. The molecule has 0 radical (unpaired) electrons. The van der Waals surface area contributed by atoms with Crippen LogP contribution in [0.1, 0.15) is 49.0 Å². The van der Waals surface area contributed by atoms with Crippen LogP contribution < -0.4 is 21.5 Å². The summed E-state index contributed by atoms with van der Waals surface area (Å²) in [6.45, 7) is 5.43. The molecule has 122 valence electrons. The maximum Gasteiger partial charge on any atom is 0.194 e. The minimum atomic E-state index is -0.538. The molecule has 0 fully saturated rings. The van der Waals surface area contributed by atoms with Crippen LogP contribution in [0.4, 0.5) is 0 Å². The molecule has 5 rings (SSSR count). The van der Waals surface area contributed by atoms with E-state index < -0.39 is 5.79 Å². The Labute approximate surface area is 148 Å². The molecule has 3 nitrogen and oxygen atoms in total. The molecule has 2 unspecified atom stereocenters. The van der Waals surface area contributed by atoms with Gasteiger partial charge in [-0.15, -0.1) is 0 Å². The van der Waals surface area contributed by atoms with Crippen molar-refractivity contribution in [1.29, 1.82) is 0 Å². The molecule has 2 aromatic rings. The van der Waals surface area contributed by atoms with Crippen molar-refractivity contribution in [3.63, 3.8) is 0 Å². The first-order valence-electron chi connectivity index (χ1n) is 8.17. The molecule has 2 atom stereocenters. The van der Waals surface area contributed by atoms with E-state index in [4.69, 9.17) is 9.47 Å². The van der Waals surface area contributed by atoms with Crippen LogP contribution in [0.5, 0.6) is 0 Å². The zero-order valence-corrected chi connectivity index (χ0v) is 15.1. The number of benzene rings is 1. The van der Waals surface area contributed by atoms with Crippen molar-refractivity contribution in [1.82, 2.24) is 0 Å². The Morgan fingerprint density at radius 1 is 1.00 bits per heavy atom. The van der Waals surface area contributed by atoms with Crippen LogP contribution in [-0.2, 0) is 9.47 Å². The van der Waals surface area contributed by atoms with E-state index in [1.165, 1.54) is 16.8 Å². The van der Waals surface area contributed by atoms with Gasteiger partial charge in [0.15, 0.2) is 23.7 Å². The van der Waals surface area contributed by atoms with Crippen molar-refractivity contribution in [2.45, 2.75) is 38.0 Å². The highest BCUT2D eigenvalue weighted by Gasteiger charge is 2.59. The van der Waals surface area contributed by atoms with E-state index in [0.717, 1.165) is 6.42 Å². The van der Waals surface area contributed by atoms with E-state index in [0.29, 0.717) is 13.2 Å². The van der Waals surface area contributed by atoms with Gasteiger partial charge in [-0.2, -0.15) is 4.57 Å². The maximum atomic E-state index is 6.22. The van der Waals surface area contributed by atoms with Gasteiger partial charge in [0, 0.05) is 30.9 Å². The second kappa shape index (κ2) is 6.34. The first-order valence-corrected chi connectivity index (χ1v) is 8.17. The summed E-state index contributed by atoms with van der Waals surface area (Å²) >= 11 is 0. The highest BCUT2D eigenvalue weighted by molar-refractivity contribution is 5.43. The average Bonchev–Trinajstić information content (AvgIpc) is 2.55. The smallest absolute Gasteiger partial charge is 0.194 e. The molecule has 2 bridgehead atoms. The van der Waals surface area contributed by atoms with Gasteiger partial charge in [-0.1, -0.05) is 30.3 Å². The SMILES string of the molecule is CCOC1(OCC)CC2c3ccccc3C1c1cccc[n+]12.[Br-]. The van der Waals surface area contributed by atoms with Crippen LogP contribution in [0.25, 0.3) is 0 Å². The number of pyridine rings is 1. The number of ether oxygens (including phenoxy) is 2. The number of halogens is 1. The lowest BCUT2D eigenvalue weighted by molar-refractivity contribution is -0.738. The number of nitrogens with zero attached hydrogens (tertiary/aromatic N) is 1. The Morgan fingerprint density at radius 2 is 1.65 bits per heavy atom. The normalized spacial score (nSPS) is 22.9. The molecule has 3 aliphatic rings. The van der Waals surface area contributed by atoms with Crippen LogP contribution >= 0.6 is 0 Å². The lowest BCUT2D eigenvalue weighted by Crippen LogP contribution is -3.00. The molecule has 4 heteroatoms. The van der Waals surface area contributed by atoms with Gasteiger partial charge in [-0.25, -0.2) is 0 Å². The number of hydrogen-bond acceptors (Lipinski definition) is 2. The number of aromatic nitrogens is 1. The van der Waals surface area contributed by atoms with Gasteiger partial charge >= 0.3 is 0 Å². The van der Waals surface area contributed by atoms with Gasteiger partial charge < -0.3 is 26.5 Å². The van der Waals surface area contributed by atoms with E-state index in [9.17, 15) is 0 Å². The Bertz CT molecular complexity index is 650. The topological polar surface area (TPSA) is 22.3 Å². The molecule has 2 aliphatic heterocycles. The molecule has 3 heterocycles. The van der Waals surface area contributed by atoms with E-state index in [2.05, 4.69) is 53.2 Å². The third-order valence-corrected chi connectivity index (χ3v) is 4.92. The zero-order chi connectivity index (χ0) is 15.2. The number of hydrogen-bond donors (Lipinski definition) is 0. The fourth-order valence-corrected chi connectivity index (χ4v) is 4.26. The molecule has 0 N–H and O–H groups in total. The molecule has 1 aliphatic carbocycles. The minimum absolute atomic E-state index is 0. The highest BCUT2D eigenvalue weighted by atomic mass is 79.9. The van der Waals surface area contributed by atoms with Crippen molar-refractivity contribution < 1.29 is 31.0 Å². The van der Waals surface area contributed by atoms with Crippen molar-refractivity contribution in [3.8, 4) is 0 Å². The summed E-state index contributed by atoms with van der Waals surface area (Å²) in [7, 11) is 0. The van der Waals surface area contributed by atoms with Gasteiger partial charge in [-0.3, -0.25) is 0 Å². The van der Waals surface area contributed by atoms with Crippen molar-refractivity contribution >= 4 is 0 Å². The van der Waals surface area contributed by atoms with Gasteiger partial charge in [0.2, 0.25) is 0 Å². The Balaban J connectivity index is 0.00000156. The standard InChI is InChI=1S/C19H22NO2.BrH/c1-3-21-19(22-4-2)13-17-14-9-5-6-10-15(14)18(19)16-11-7-8-12-20(16)17;/h5-12,17-18H,3-4,13H2,1-2H3;1H/q+1;/p-1. The zero-order valence-electron chi connectivity index (χ0n) is 13.5. The number of fused-ring (bicyclic) bond motifs is 1. The summed E-state index contributed by atoms with van der Waals surface area (Å²) in [6, 6.07) is 15.4. The van der Waals surface area contributed by atoms with Crippen LogP contribution in [-0.4, -0.2) is 19.0 Å². The third kappa shape index (κ3) is 2.35. The first kappa shape index (κ1) is 16.6. The Hall–Kier alpha value is -1.23. The summed E-state index contributed by atoms with van der Waals surface area (Å²) in [4.78, 5) is 0. The molecule has 1 aromatic carbocycles. The first-order chi connectivity index (χ1) is 10.8. The second-order valence-electron chi connectivity index (χ2n) is 5.99. The van der Waals surface area contributed by atoms with Gasteiger partial charge in [0.25, 0.3) is 0 Å². The average molecular weight is 376 g/mol. The van der Waals surface area contributed by atoms with E-state index in [1.807, 2.05) is 13.8 Å². The second-order valence-corrected chi connectivity index (χ2v) is 5.99. The summed E-state index contributed by atoms with van der Waals surface area (Å²) < 4.78 is 14.8. The van der Waals surface area contributed by atoms with Gasteiger partial charge in [0.05, 0.1) is 6.42 Å². The fourth-order valence-electron chi connectivity index (χ4n) is 4.26. The van der Waals surface area contributed by atoms with Crippen molar-refractivity contribution in [3.05, 3.63) is 65.5 Å². The highest BCUT2D eigenvalue weighted by Crippen LogP contribution is 2.52. The molecule has 1 aromatic heterocycles. The summed E-state index contributed by atoms with van der Waals surface area (Å²) in [5.41, 5.74) is 4.05. The summed E-state index contributed by atoms with van der Waals surface area (Å²) in [5.74, 6) is -0.404. The van der Waals surface area contributed by atoms with E-state index in [-0.39, 0.29) is 28.9 Å². The lowest BCUT2D eigenvalue weighted by atomic mass is 9.70. The predicted octanol–water partition coefficient (Wildman–Crippen LogP) is 0.186. The Morgan fingerprint density at radius 3 is 2.35 bits per heavy atom. The molecule has 0 spiro atoms. The van der Waals surface area contributed by atoms with E-state index >= 15 is 0 Å². The number of rotatable bonds is 4. The van der Waals surface area contributed by atoms with E-state index in [1.54, 1.807) is 0 Å². The fraction of sp³-hybridized carbons (Fsp3) is 0.421. The van der Waals surface area contributed by atoms with Crippen LogP contribution in [0.15, 0.2) is 48.7 Å². The van der Waals surface area contributed by atoms with Gasteiger partial charge in [0.1, 0.15) is 5.92 Å². The van der Waals surface area contributed by atoms with Crippen LogP contribution in [0, 0.1) is 0 Å². The molecule has 23 heavy (non-hydrogen) atoms. The molecular weight excluding hydrogens is 354 g/mol. The largest absolute Gasteiger partial charge is 1.00 e. The van der Waals surface area contributed by atoms with Gasteiger partial charge in [-0.05, 0) is 19.4 Å². The molecular formula is C19H22BrNO2. The Kier molecular flexibility index (Phi) is 4.59. The third-order valence-electron chi connectivity index (χ3n) is 4.92. The maximum absolute atomic E-state index is 6.22. The lowest BCUT2D eigenvalue weighted by Gasteiger charge is -2.47. The minimum Gasteiger partial charge on any atom is -1.00 e. The molecule has 0 saturated carbocycles. The molecule has 0 amide bonds. The monoisotopic (exact) mass is 375 g/mol. The van der Waals surface area contributed by atoms with Crippen LogP contribution in [0.2, 0.25) is 0 Å². The molecule has 0 saturated heterocycles. The van der Waals surface area contributed by atoms with Crippen molar-refractivity contribution in [2.24, 2.45) is 0 Å². The predicted molar refractivity (Wildman–Crippen MR) is 83.7 cm³/mol. The van der Waals surface area contributed by atoms with Crippen LogP contribution in [0.3, 0.4) is 0 Å². The summed E-state index contributed by atoms with van der Waals surface area (Å²) in [5, 5.41) is 0. The summed E-state index contributed by atoms with van der Waals surface area (Å²) in [6.07, 6.45) is 3.06.